The number of carbonyl (C=O) groups is 2. The van der Waals surface area contributed by atoms with E-state index >= 15 is 0 Å². The van der Waals surface area contributed by atoms with Gasteiger partial charge in [0.1, 0.15) is 0 Å². The third-order valence-electron chi connectivity index (χ3n) is 3.51. The zero-order chi connectivity index (χ0) is 15.4. The van der Waals surface area contributed by atoms with Crippen LogP contribution in [0.15, 0.2) is 18.2 Å². The summed E-state index contributed by atoms with van der Waals surface area (Å²) < 4.78 is 4.75. The Labute approximate surface area is 132 Å². The molecule has 2 unspecified atom stereocenters. The van der Waals surface area contributed by atoms with Gasteiger partial charge in [-0.25, -0.2) is 4.79 Å². The Balaban J connectivity index is 1.98. The average molecular weight is 331 g/mol. The van der Waals surface area contributed by atoms with Gasteiger partial charge in [0.25, 0.3) is 0 Å². The van der Waals surface area contributed by atoms with Gasteiger partial charge in [0.2, 0.25) is 0 Å². The van der Waals surface area contributed by atoms with Crippen LogP contribution in [0.3, 0.4) is 0 Å². The van der Waals surface area contributed by atoms with Gasteiger partial charge in [0, 0.05) is 11.1 Å². The molecule has 2 atom stereocenters. The number of amides is 2. The number of ether oxygens (including phenoxy) is 1. The lowest BCUT2D eigenvalue weighted by Gasteiger charge is -2.19. The van der Waals surface area contributed by atoms with Gasteiger partial charge in [-0.15, -0.1) is 0 Å². The zero-order valence-corrected chi connectivity index (χ0v) is 13.0. The highest BCUT2D eigenvalue weighted by Gasteiger charge is 2.34. The van der Waals surface area contributed by atoms with Gasteiger partial charge in [-0.05, 0) is 31.0 Å². The average Bonchev–Trinajstić information content (AvgIpc) is 2.90. The first kappa shape index (κ1) is 15.9. The Kier molecular flexibility index (Phi) is 5.31. The smallest absolute Gasteiger partial charge is 0.319 e. The Hall–Kier alpha value is -1.46. The van der Waals surface area contributed by atoms with Gasteiger partial charge < -0.3 is 15.4 Å². The fourth-order valence-electron chi connectivity index (χ4n) is 2.49. The van der Waals surface area contributed by atoms with Crippen molar-refractivity contribution in [3.05, 3.63) is 28.2 Å². The minimum Gasteiger partial charge on any atom is -0.469 e. The highest BCUT2D eigenvalue weighted by molar-refractivity contribution is 6.35. The lowest BCUT2D eigenvalue weighted by molar-refractivity contribution is -0.145. The molecule has 1 aliphatic rings. The fraction of sp³-hybridized carbons (Fsp3) is 0.429. The quantitative estimate of drug-likeness (QED) is 0.834. The van der Waals surface area contributed by atoms with E-state index in [-0.39, 0.29) is 17.9 Å². The minimum atomic E-state index is -0.417. The molecule has 2 rings (SSSR count). The molecule has 0 heterocycles. The second-order valence-corrected chi connectivity index (χ2v) is 5.73. The van der Waals surface area contributed by atoms with Crippen LogP contribution in [0.2, 0.25) is 10.0 Å². The van der Waals surface area contributed by atoms with Crippen molar-refractivity contribution in [1.82, 2.24) is 5.32 Å². The molecule has 21 heavy (non-hydrogen) atoms. The Morgan fingerprint density at radius 1 is 1.29 bits per heavy atom. The van der Waals surface area contributed by atoms with Crippen LogP contribution in [-0.4, -0.2) is 25.2 Å². The van der Waals surface area contributed by atoms with Crippen molar-refractivity contribution in [2.24, 2.45) is 5.92 Å². The Bertz CT molecular complexity index is 551. The number of methoxy groups -OCH3 is 1. The normalized spacial score (nSPS) is 20.9. The molecule has 1 fully saturated rings. The monoisotopic (exact) mass is 330 g/mol. The summed E-state index contributed by atoms with van der Waals surface area (Å²) in [5.41, 5.74) is 0.425. The number of anilines is 1. The van der Waals surface area contributed by atoms with E-state index in [1.54, 1.807) is 18.2 Å². The van der Waals surface area contributed by atoms with E-state index in [1.165, 1.54) is 7.11 Å². The summed E-state index contributed by atoms with van der Waals surface area (Å²) in [4.78, 5) is 23.6. The summed E-state index contributed by atoms with van der Waals surface area (Å²) in [6, 6.07) is 4.16. The number of esters is 1. The van der Waals surface area contributed by atoms with E-state index in [0.29, 0.717) is 15.7 Å². The van der Waals surface area contributed by atoms with Crippen molar-refractivity contribution in [1.29, 1.82) is 0 Å². The largest absolute Gasteiger partial charge is 0.469 e. The molecular formula is C14H16Cl2N2O3. The van der Waals surface area contributed by atoms with E-state index in [2.05, 4.69) is 10.6 Å². The van der Waals surface area contributed by atoms with Gasteiger partial charge in [0.05, 0.1) is 23.7 Å². The molecule has 1 aromatic carbocycles. The maximum atomic E-state index is 12.0. The van der Waals surface area contributed by atoms with Crippen molar-refractivity contribution >= 4 is 40.9 Å². The molecule has 2 N–H and O–H groups in total. The molecule has 0 aliphatic heterocycles. The number of benzene rings is 1. The lowest BCUT2D eigenvalue weighted by Crippen LogP contribution is -2.42. The van der Waals surface area contributed by atoms with Gasteiger partial charge >= 0.3 is 12.0 Å². The molecule has 1 aromatic rings. The van der Waals surface area contributed by atoms with E-state index in [9.17, 15) is 9.59 Å². The van der Waals surface area contributed by atoms with Gasteiger partial charge in [-0.1, -0.05) is 29.6 Å². The number of urea groups is 1. The number of carbonyl (C=O) groups excluding carboxylic acids is 2. The van der Waals surface area contributed by atoms with E-state index in [1.807, 2.05) is 0 Å². The van der Waals surface area contributed by atoms with Gasteiger partial charge in [0.15, 0.2) is 0 Å². The number of hydrogen-bond acceptors (Lipinski definition) is 3. The maximum Gasteiger partial charge on any atom is 0.319 e. The number of halogens is 2. The minimum absolute atomic E-state index is 0.226. The Morgan fingerprint density at radius 3 is 2.76 bits per heavy atom. The predicted octanol–water partition coefficient (Wildman–Crippen LogP) is 3.46. The summed E-state index contributed by atoms with van der Waals surface area (Å²) in [5, 5.41) is 6.29. The lowest BCUT2D eigenvalue weighted by atomic mass is 10.0. The standard InChI is InChI=1S/C14H16Cl2N2O3/c1-21-13(19)9-3-2-4-11(9)17-14(20)18-12-7-8(15)5-6-10(12)16/h5-7,9,11H,2-4H2,1H3,(H2,17,18,20). The van der Waals surface area contributed by atoms with Gasteiger partial charge in [-0.2, -0.15) is 0 Å². The number of hydrogen-bond donors (Lipinski definition) is 2. The molecule has 1 aliphatic carbocycles. The summed E-state index contributed by atoms with van der Waals surface area (Å²) >= 11 is 11.8. The van der Waals surface area contributed by atoms with E-state index < -0.39 is 6.03 Å². The van der Waals surface area contributed by atoms with Crippen molar-refractivity contribution < 1.29 is 14.3 Å². The second kappa shape index (κ2) is 7.00. The van der Waals surface area contributed by atoms with Crippen molar-refractivity contribution in [3.8, 4) is 0 Å². The van der Waals surface area contributed by atoms with Gasteiger partial charge in [-0.3, -0.25) is 4.79 Å². The molecule has 7 heteroatoms. The van der Waals surface area contributed by atoms with Crippen LogP contribution in [0.4, 0.5) is 10.5 Å². The van der Waals surface area contributed by atoms with Crippen LogP contribution in [-0.2, 0) is 9.53 Å². The molecule has 0 bridgehead atoms. The molecule has 0 saturated heterocycles. The molecule has 114 valence electrons. The van der Waals surface area contributed by atoms with Crippen LogP contribution in [0.25, 0.3) is 0 Å². The molecule has 5 nitrogen and oxygen atoms in total. The zero-order valence-electron chi connectivity index (χ0n) is 11.5. The molecular weight excluding hydrogens is 315 g/mol. The van der Waals surface area contributed by atoms with Crippen LogP contribution >= 0.6 is 23.2 Å². The Morgan fingerprint density at radius 2 is 2.05 bits per heavy atom. The molecule has 0 spiro atoms. The SMILES string of the molecule is COC(=O)C1CCCC1NC(=O)Nc1cc(Cl)ccc1Cl. The first-order valence-electron chi connectivity index (χ1n) is 6.61. The highest BCUT2D eigenvalue weighted by Crippen LogP contribution is 2.28. The molecule has 1 saturated carbocycles. The van der Waals surface area contributed by atoms with Crippen LogP contribution < -0.4 is 10.6 Å². The fourth-order valence-corrected chi connectivity index (χ4v) is 2.82. The third kappa shape index (κ3) is 4.02. The van der Waals surface area contributed by atoms with E-state index in [0.717, 1.165) is 19.3 Å². The van der Waals surface area contributed by atoms with Crippen molar-refractivity contribution in [2.45, 2.75) is 25.3 Å². The molecule has 0 aromatic heterocycles. The highest BCUT2D eigenvalue weighted by atomic mass is 35.5. The topological polar surface area (TPSA) is 67.4 Å². The van der Waals surface area contributed by atoms with Crippen LogP contribution in [0.1, 0.15) is 19.3 Å². The molecule has 2 amide bonds. The summed E-state index contributed by atoms with van der Waals surface area (Å²) in [6.45, 7) is 0. The van der Waals surface area contributed by atoms with Crippen LogP contribution in [0, 0.1) is 5.92 Å². The number of nitrogens with one attached hydrogen (secondary N) is 2. The van der Waals surface area contributed by atoms with E-state index in [4.69, 9.17) is 27.9 Å². The summed E-state index contributed by atoms with van der Waals surface area (Å²) in [6.07, 6.45) is 2.34. The van der Waals surface area contributed by atoms with Crippen molar-refractivity contribution in [2.75, 3.05) is 12.4 Å². The molecule has 0 radical (unpaired) electrons. The first-order valence-corrected chi connectivity index (χ1v) is 7.37. The number of rotatable bonds is 3. The third-order valence-corrected chi connectivity index (χ3v) is 4.08. The summed E-state index contributed by atoms with van der Waals surface area (Å²) in [5.74, 6) is -0.589. The second-order valence-electron chi connectivity index (χ2n) is 4.89. The van der Waals surface area contributed by atoms with Crippen molar-refractivity contribution in [3.63, 3.8) is 0 Å². The maximum absolute atomic E-state index is 12.0. The van der Waals surface area contributed by atoms with Crippen LogP contribution in [0.5, 0.6) is 0 Å². The first-order chi connectivity index (χ1) is 10.0. The summed E-state index contributed by atoms with van der Waals surface area (Å²) in [7, 11) is 1.35. The predicted molar refractivity (Wildman–Crippen MR) is 81.8 cm³/mol.